The lowest BCUT2D eigenvalue weighted by molar-refractivity contribution is -0.0592. The van der Waals surface area contributed by atoms with E-state index in [1.54, 1.807) is 71.8 Å². The maximum Gasteiger partial charge on any atom is 0.438 e. The molecule has 1 saturated heterocycles. The molecule has 0 radical (unpaired) electrons. The van der Waals surface area contributed by atoms with Gasteiger partial charge in [-0.2, -0.15) is 10.2 Å². The number of hydrogen-bond donors (Lipinski definition) is 1. The van der Waals surface area contributed by atoms with Crippen molar-refractivity contribution < 1.29 is 27.6 Å². The second-order valence-electron chi connectivity index (χ2n) is 18.8. The molecule has 17 heteroatoms. The van der Waals surface area contributed by atoms with E-state index < -0.39 is 23.2 Å². The number of halogens is 2. The van der Waals surface area contributed by atoms with Crippen LogP contribution in [0.5, 0.6) is 0 Å². The van der Waals surface area contributed by atoms with Crippen LogP contribution in [0.1, 0.15) is 96.3 Å². The van der Waals surface area contributed by atoms with Crippen LogP contribution in [0.3, 0.4) is 0 Å². The third-order valence-corrected chi connectivity index (χ3v) is 14.2. The summed E-state index contributed by atoms with van der Waals surface area (Å²) in [7, 11) is 1.71. The molecule has 1 amide bonds. The predicted octanol–water partition coefficient (Wildman–Crippen LogP) is 7.58. The van der Waals surface area contributed by atoms with Gasteiger partial charge in [-0.25, -0.2) is 23.1 Å². The van der Waals surface area contributed by atoms with Crippen molar-refractivity contribution in [3.63, 3.8) is 0 Å². The summed E-state index contributed by atoms with van der Waals surface area (Å²) in [5.74, 6) is 3.56. The summed E-state index contributed by atoms with van der Waals surface area (Å²) >= 11 is 0. The Morgan fingerprint density at radius 2 is 1.75 bits per heavy atom. The summed E-state index contributed by atoms with van der Waals surface area (Å²) < 4.78 is 47.7. The molecule has 0 spiro atoms. The molecule has 3 aromatic carbocycles. The zero-order valence-electron chi connectivity index (χ0n) is 37.7. The van der Waals surface area contributed by atoms with Gasteiger partial charge in [0.05, 0.1) is 45.3 Å². The number of nitrogens with one attached hydrogen (secondary N) is 1. The van der Waals surface area contributed by atoms with Gasteiger partial charge in [0.2, 0.25) is 5.82 Å². The summed E-state index contributed by atoms with van der Waals surface area (Å²) in [5, 5.41) is 14.5. The van der Waals surface area contributed by atoms with E-state index >= 15 is 13.6 Å². The Morgan fingerprint density at radius 1 is 1.00 bits per heavy atom. The number of rotatable bonds is 7. The number of H-pyrrole nitrogens is 1. The fraction of sp³-hybridized carbons (Fsp3) is 0.340. The monoisotopic (exact) mass is 904 g/mol. The van der Waals surface area contributed by atoms with Crippen molar-refractivity contribution in [2.75, 3.05) is 23.0 Å². The second-order valence-corrected chi connectivity index (χ2v) is 18.8. The fourth-order valence-electron chi connectivity index (χ4n) is 10.8. The van der Waals surface area contributed by atoms with Crippen LogP contribution in [0.4, 0.5) is 20.3 Å². The van der Waals surface area contributed by atoms with Crippen LogP contribution in [0.2, 0.25) is 0 Å². The minimum absolute atomic E-state index is 0.0441. The van der Waals surface area contributed by atoms with Crippen molar-refractivity contribution in [2.24, 2.45) is 13.0 Å². The maximum atomic E-state index is 16.3. The van der Waals surface area contributed by atoms with E-state index in [-0.39, 0.29) is 64.8 Å². The highest BCUT2D eigenvalue weighted by molar-refractivity contribution is 6.00. The molecule has 2 fully saturated rings. The first-order valence-corrected chi connectivity index (χ1v) is 22.3. The lowest BCUT2D eigenvalue weighted by atomic mass is 9.83. The molecule has 4 aromatic heterocycles. The van der Waals surface area contributed by atoms with Crippen molar-refractivity contribution in [1.82, 2.24) is 39.2 Å². The number of ether oxygens (including phenoxy) is 1. The molecule has 3 aliphatic heterocycles. The number of benzene rings is 3. The van der Waals surface area contributed by atoms with Crippen molar-refractivity contribution in [2.45, 2.75) is 83.4 Å². The van der Waals surface area contributed by atoms with Gasteiger partial charge in [0.25, 0.3) is 5.91 Å². The molecule has 1 aliphatic carbocycles. The summed E-state index contributed by atoms with van der Waals surface area (Å²) in [6, 6.07) is 13.7. The second kappa shape index (κ2) is 15.0. The number of carbonyl (C=O) groups is 1. The van der Waals surface area contributed by atoms with Crippen LogP contribution >= 0.6 is 0 Å². The van der Waals surface area contributed by atoms with Gasteiger partial charge in [-0.1, -0.05) is 24.1 Å². The number of aromatic amines is 1. The quantitative estimate of drug-likeness (QED) is 0.125. The zero-order chi connectivity index (χ0) is 46.8. The SMILES string of the molecule is C#C[C@H]1c2c(nn(-c3cc(C)c(F)c(C)c3)c2N2C=CN(c3ccc4c(cnn4C)c3F)C2=C=O)CCN1C(=O)c1cc2cc([C@H]3CCOC(C)(C)C3)ccc2n1[C@@]1(c2noc(=O)[nH]2)C[C@@H]1C. The van der Waals surface area contributed by atoms with E-state index in [0.717, 1.165) is 29.3 Å². The minimum Gasteiger partial charge on any atom is -0.376 e. The first-order valence-electron chi connectivity index (χ1n) is 22.3. The highest BCUT2D eigenvalue weighted by Crippen LogP contribution is 2.56. The van der Waals surface area contributed by atoms with E-state index in [1.807, 2.05) is 29.6 Å². The molecule has 1 N–H and O–H groups in total. The van der Waals surface area contributed by atoms with Gasteiger partial charge in [-0.15, -0.1) is 6.42 Å². The molecule has 15 nitrogen and oxygen atoms in total. The Hall–Kier alpha value is -7.54. The molecule has 11 rings (SSSR count). The molecule has 4 atom stereocenters. The van der Waals surface area contributed by atoms with E-state index in [2.05, 4.69) is 47.1 Å². The highest BCUT2D eigenvalue weighted by Gasteiger charge is 2.59. The number of fused-ring (bicyclic) bond motifs is 3. The highest BCUT2D eigenvalue weighted by atomic mass is 19.1. The summed E-state index contributed by atoms with van der Waals surface area (Å²) in [5.41, 5.74) is 3.89. The molecule has 4 aliphatic rings. The van der Waals surface area contributed by atoms with Crippen molar-refractivity contribution >= 4 is 45.2 Å². The fourth-order valence-corrected chi connectivity index (χ4v) is 10.8. The standard InChI is InChI=1S/C50H46F2N10O5/c1-8-36-42-35(55-62(33-19-27(2)43(51)28(3)20-33)45(42)60-17-16-58(41(60)26-63)39-12-11-38-34(44(39)52)25-53-57(38)7)13-15-59(36)46(64)40-22-32-21-30(31-14-18-66-49(5,6)24-31)9-10-37(32)61(40)50(23-29(50)4)47-54-48(65)67-56-47/h1,9-12,16-17,19-22,25,29,31,36H,13-15,18,23-24H2,2-7H3,(H,54,56,65)/t29-,31-,36-,50-/m0/s1. The number of aromatic nitrogens is 7. The van der Waals surface area contributed by atoms with Crippen molar-refractivity contribution in [3.05, 3.63) is 135 Å². The van der Waals surface area contributed by atoms with Gasteiger partial charge in [0.15, 0.2) is 17.6 Å². The molecule has 0 unspecified atom stereocenters. The van der Waals surface area contributed by atoms with Crippen LogP contribution in [-0.2, 0) is 28.5 Å². The first kappa shape index (κ1) is 42.1. The number of aryl methyl sites for hydroxylation is 3. The molecular formula is C50H46F2N10O5. The third-order valence-electron chi connectivity index (χ3n) is 14.2. The molecular weight excluding hydrogens is 859 g/mol. The van der Waals surface area contributed by atoms with Gasteiger partial charge >= 0.3 is 5.76 Å². The summed E-state index contributed by atoms with van der Waals surface area (Å²) in [6.07, 6.45) is 13.6. The van der Waals surface area contributed by atoms with Gasteiger partial charge < -0.3 is 14.2 Å². The van der Waals surface area contributed by atoms with E-state index in [4.69, 9.17) is 20.8 Å². The van der Waals surface area contributed by atoms with Crippen LogP contribution in [0.25, 0.3) is 27.5 Å². The summed E-state index contributed by atoms with van der Waals surface area (Å²) in [4.78, 5) is 48.7. The Labute approximate surface area is 382 Å². The van der Waals surface area contributed by atoms with Crippen molar-refractivity contribution in [3.8, 4) is 18.0 Å². The van der Waals surface area contributed by atoms with Gasteiger partial charge in [0, 0.05) is 49.9 Å². The van der Waals surface area contributed by atoms with E-state index in [9.17, 15) is 9.59 Å². The third kappa shape index (κ3) is 6.34. The molecule has 67 heavy (non-hydrogen) atoms. The largest absolute Gasteiger partial charge is 0.438 e. The first-order chi connectivity index (χ1) is 32.1. The Kier molecular flexibility index (Phi) is 9.43. The molecule has 0 bridgehead atoms. The van der Waals surface area contributed by atoms with Crippen LogP contribution in [0, 0.1) is 43.7 Å². The number of terminal acetylenes is 1. The number of anilines is 2. The number of nitrogens with zero attached hydrogens (tertiary/aromatic N) is 9. The number of hydrogen-bond acceptors (Lipinski definition) is 10. The topological polar surface area (TPSA) is 153 Å². The minimum atomic E-state index is -1.05. The molecule has 7 heterocycles. The molecule has 340 valence electrons. The zero-order valence-corrected chi connectivity index (χ0v) is 37.7. The van der Waals surface area contributed by atoms with Crippen LogP contribution in [0.15, 0.2) is 82.3 Å². The number of carbonyl (C=O) groups excluding carboxylic acids is 2. The Bertz CT molecular complexity index is 3410. The van der Waals surface area contributed by atoms with Gasteiger partial charge in [0.1, 0.15) is 28.9 Å². The van der Waals surface area contributed by atoms with Crippen molar-refractivity contribution in [1.29, 1.82) is 0 Å². The average molecular weight is 905 g/mol. The number of amides is 1. The normalized spacial score (nSPS) is 22.2. The van der Waals surface area contributed by atoms with E-state index in [1.165, 1.54) is 16.0 Å². The Balaban J connectivity index is 1.06. The Morgan fingerprint density at radius 3 is 2.43 bits per heavy atom. The summed E-state index contributed by atoms with van der Waals surface area (Å²) in [6.45, 7) is 10.3. The lowest BCUT2D eigenvalue weighted by Crippen LogP contribution is -2.41. The van der Waals surface area contributed by atoms with E-state index in [0.29, 0.717) is 58.1 Å². The lowest BCUT2D eigenvalue weighted by Gasteiger charge is -2.35. The average Bonchev–Trinajstić information content (AvgIpc) is 3.96. The van der Waals surface area contributed by atoms with Gasteiger partial charge in [-0.3, -0.25) is 28.8 Å². The van der Waals surface area contributed by atoms with Gasteiger partial charge in [-0.05, 0) is 118 Å². The maximum absolute atomic E-state index is 16.3. The molecule has 1 saturated carbocycles. The molecule has 7 aromatic rings. The van der Waals surface area contributed by atoms with Crippen LogP contribution < -0.4 is 15.6 Å². The smallest absolute Gasteiger partial charge is 0.376 e. The van der Waals surface area contributed by atoms with Crippen LogP contribution in [-0.4, -0.2) is 69.8 Å². The predicted molar refractivity (Wildman–Crippen MR) is 245 cm³/mol.